The Morgan fingerprint density at radius 1 is 1.07 bits per heavy atom. The third-order valence-corrected chi connectivity index (χ3v) is 7.29. The molecule has 0 radical (unpaired) electrons. The Bertz CT molecular complexity index is 1710. The van der Waals surface area contributed by atoms with Crippen LogP contribution in [0, 0.1) is 11.7 Å². The van der Waals surface area contributed by atoms with Gasteiger partial charge in [0.25, 0.3) is 11.4 Å². The summed E-state index contributed by atoms with van der Waals surface area (Å²) in [6.07, 6.45) is 1.87. The van der Waals surface area contributed by atoms with Gasteiger partial charge in [-0.25, -0.2) is 14.2 Å². The lowest BCUT2D eigenvalue weighted by molar-refractivity contribution is -0.122. The highest BCUT2D eigenvalue weighted by Crippen LogP contribution is 2.52. The van der Waals surface area contributed by atoms with Crippen LogP contribution in [0.5, 0.6) is 0 Å². The zero-order valence-electron chi connectivity index (χ0n) is 23.7. The number of aromatic nitrogens is 4. The van der Waals surface area contributed by atoms with Crippen molar-refractivity contribution >= 4 is 23.6 Å². The van der Waals surface area contributed by atoms with Crippen LogP contribution >= 0.6 is 0 Å². The van der Waals surface area contributed by atoms with Gasteiger partial charge >= 0.3 is 6.09 Å². The highest BCUT2D eigenvalue weighted by atomic mass is 19.1. The SMILES string of the molecule is COC(=O)Nc1ncc(-c2ccccc2)n(CC(=O)NC(C(=O)c2nnc(C3(c4ccc(F)cc4)CC3)o2)C(C)C)c1=O. The van der Waals surface area contributed by atoms with E-state index in [4.69, 9.17) is 4.42 Å². The molecule has 222 valence electrons. The topological polar surface area (TPSA) is 158 Å². The average molecular weight is 589 g/mol. The summed E-state index contributed by atoms with van der Waals surface area (Å²) in [5.74, 6) is -2.32. The molecule has 1 aliphatic rings. The van der Waals surface area contributed by atoms with Crippen molar-refractivity contribution in [1.82, 2.24) is 25.1 Å². The Labute approximate surface area is 245 Å². The number of hydrogen-bond donors (Lipinski definition) is 2. The van der Waals surface area contributed by atoms with Crippen molar-refractivity contribution in [3.63, 3.8) is 0 Å². The van der Waals surface area contributed by atoms with Crippen molar-refractivity contribution in [1.29, 1.82) is 0 Å². The van der Waals surface area contributed by atoms with Crippen LogP contribution in [0.3, 0.4) is 0 Å². The summed E-state index contributed by atoms with van der Waals surface area (Å²) in [5, 5.41) is 13.0. The zero-order valence-corrected chi connectivity index (χ0v) is 23.7. The molecular weight excluding hydrogens is 559 g/mol. The molecule has 0 bridgehead atoms. The minimum atomic E-state index is -1.05. The summed E-state index contributed by atoms with van der Waals surface area (Å²) in [5.41, 5.74) is 0.409. The minimum Gasteiger partial charge on any atom is -0.453 e. The fraction of sp³-hybridized carbons (Fsp3) is 0.300. The maximum Gasteiger partial charge on any atom is 0.412 e. The molecule has 0 spiro atoms. The van der Waals surface area contributed by atoms with E-state index in [2.05, 4.69) is 30.6 Å². The molecule has 43 heavy (non-hydrogen) atoms. The van der Waals surface area contributed by atoms with Gasteiger partial charge in [-0.3, -0.25) is 24.3 Å². The van der Waals surface area contributed by atoms with Crippen LogP contribution in [-0.4, -0.2) is 50.7 Å². The first kappa shape index (κ1) is 29.3. The lowest BCUT2D eigenvalue weighted by atomic mass is 9.96. The van der Waals surface area contributed by atoms with Crippen LogP contribution in [0.4, 0.5) is 15.0 Å². The number of halogens is 1. The Kier molecular flexibility index (Phi) is 8.15. The third-order valence-electron chi connectivity index (χ3n) is 7.29. The van der Waals surface area contributed by atoms with Gasteiger partial charge in [-0.2, -0.15) is 0 Å². The molecule has 0 saturated heterocycles. The molecule has 1 saturated carbocycles. The Morgan fingerprint density at radius 2 is 1.77 bits per heavy atom. The first-order valence-corrected chi connectivity index (χ1v) is 13.6. The number of anilines is 1. The lowest BCUT2D eigenvalue weighted by Gasteiger charge is -2.21. The van der Waals surface area contributed by atoms with E-state index in [9.17, 15) is 23.6 Å². The van der Waals surface area contributed by atoms with Crippen molar-refractivity contribution in [3.05, 3.63) is 94.3 Å². The number of methoxy groups -OCH3 is 1. The van der Waals surface area contributed by atoms with Crippen LogP contribution in [0.25, 0.3) is 11.3 Å². The predicted octanol–water partition coefficient (Wildman–Crippen LogP) is 3.71. The normalized spacial score (nSPS) is 14.2. The number of ether oxygens (including phenoxy) is 1. The first-order chi connectivity index (χ1) is 20.6. The molecule has 2 amide bonds. The number of carbonyl (C=O) groups excluding carboxylic acids is 3. The van der Waals surface area contributed by atoms with E-state index in [-0.39, 0.29) is 29.3 Å². The predicted molar refractivity (Wildman–Crippen MR) is 152 cm³/mol. The molecule has 0 aliphatic heterocycles. The molecule has 12 nitrogen and oxygen atoms in total. The highest BCUT2D eigenvalue weighted by Gasteiger charge is 2.51. The quantitative estimate of drug-likeness (QED) is 0.263. The van der Waals surface area contributed by atoms with Crippen molar-refractivity contribution in [2.75, 3.05) is 12.4 Å². The molecule has 4 aromatic rings. The van der Waals surface area contributed by atoms with Gasteiger partial charge in [-0.1, -0.05) is 56.3 Å². The standard InChI is InChI=1S/C30H29FN6O6/c1-17(2)23(24(39)26-35-36-28(43-26)30(13-14-30)19-9-11-20(31)12-10-19)33-22(38)16-37-21(18-7-5-4-6-8-18)15-32-25(27(37)40)34-29(41)42-3/h4-12,15,17,23H,13-14,16H2,1-3H3,(H,33,38)(H,32,34,41). The van der Waals surface area contributed by atoms with Gasteiger partial charge in [0, 0.05) is 0 Å². The lowest BCUT2D eigenvalue weighted by Crippen LogP contribution is -2.46. The summed E-state index contributed by atoms with van der Waals surface area (Å²) in [6.45, 7) is 3.00. The van der Waals surface area contributed by atoms with Crippen molar-refractivity contribution < 1.29 is 27.9 Å². The van der Waals surface area contributed by atoms with Crippen molar-refractivity contribution in [3.8, 4) is 11.3 Å². The van der Waals surface area contributed by atoms with E-state index in [1.165, 1.54) is 18.3 Å². The van der Waals surface area contributed by atoms with Gasteiger partial charge < -0.3 is 14.5 Å². The zero-order chi connectivity index (χ0) is 30.7. The van der Waals surface area contributed by atoms with Crippen LogP contribution in [0.2, 0.25) is 0 Å². The molecular formula is C30H29FN6O6. The minimum absolute atomic E-state index is 0.248. The Balaban J connectivity index is 1.38. The summed E-state index contributed by atoms with van der Waals surface area (Å²) < 4.78 is 25.0. The van der Waals surface area contributed by atoms with Crippen LogP contribution in [0.1, 0.15) is 48.8 Å². The van der Waals surface area contributed by atoms with E-state index in [0.29, 0.717) is 24.1 Å². The second-order valence-electron chi connectivity index (χ2n) is 10.5. The Hall–Kier alpha value is -5.20. The number of rotatable bonds is 10. The molecule has 1 atom stereocenters. The molecule has 2 aromatic heterocycles. The highest BCUT2D eigenvalue weighted by molar-refractivity contribution is 5.98. The molecule has 2 heterocycles. The number of amides is 2. The first-order valence-electron chi connectivity index (χ1n) is 13.6. The number of benzene rings is 2. The second-order valence-corrected chi connectivity index (χ2v) is 10.5. The molecule has 1 fully saturated rings. The number of nitrogens with zero attached hydrogens (tertiary/aromatic N) is 4. The number of Topliss-reactive ketones (excluding diaryl/α,β-unsaturated/α-hetero) is 1. The van der Waals surface area contributed by atoms with Crippen molar-refractivity contribution in [2.45, 2.75) is 44.7 Å². The van der Waals surface area contributed by atoms with Crippen LogP contribution in [-0.2, 0) is 21.5 Å². The largest absolute Gasteiger partial charge is 0.453 e. The van der Waals surface area contributed by atoms with Gasteiger partial charge in [0.2, 0.25) is 23.4 Å². The van der Waals surface area contributed by atoms with Crippen LogP contribution < -0.4 is 16.2 Å². The average Bonchev–Trinajstić information content (AvgIpc) is 3.66. The molecule has 2 aromatic carbocycles. The molecule has 13 heteroatoms. The van der Waals surface area contributed by atoms with Gasteiger partial charge in [0.05, 0.1) is 30.5 Å². The van der Waals surface area contributed by atoms with Crippen molar-refractivity contribution in [2.24, 2.45) is 5.92 Å². The number of nitrogens with one attached hydrogen (secondary N) is 2. The van der Waals surface area contributed by atoms with E-state index < -0.39 is 41.3 Å². The molecule has 1 aliphatic carbocycles. The summed E-state index contributed by atoms with van der Waals surface area (Å²) >= 11 is 0. The van der Waals surface area contributed by atoms with E-state index in [1.807, 2.05) is 0 Å². The number of hydrogen-bond acceptors (Lipinski definition) is 9. The van der Waals surface area contributed by atoms with E-state index >= 15 is 0 Å². The Morgan fingerprint density at radius 3 is 2.40 bits per heavy atom. The smallest absolute Gasteiger partial charge is 0.412 e. The monoisotopic (exact) mass is 588 g/mol. The molecule has 2 N–H and O–H groups in total. The van der Waals surface area contributed by atoms with E-state index in [0.717, 1.165) is 17.2 Å². The summed E-state index contributed by atoms with van der Waals surface area (Å²) in [6, 6.07) is 13.8. The molecule has 5 rings (SSSR count). The van der Waals surface area contributed by atoms with Gasteiger partial charge in [-0.05, 0) is 42.0 Å². The molecule has 1 unspecified atom stereocenters. The maximum atomic E-state index is 13.5. The van der Waals surface area contributed by atoms with Gasteiger partial charge in [0.15, 0.2) is 0 Å². The van der Waals surface area contributed by atoms with Crippen LogP contribution in [0.15, 0.2) is 70.0 Å². The van der Waals surface area contributed by atoms with Gasteiger partial charge in [-0.15, -0.1) is 10.2 Å². The second kappa shape index (κ2) is 12.0. The fourth-order valence-corrected chi connectivity index (χ4v) is 4.78. The maximum absolute atomic E-state index is 13.5. The fourth-order valence-electron chi connectivity index (χ4n) is 4.78. The number of ketones is 1. The summed E-state index contributed by atoms with van der Waals surface area (Å²) in [7, 11) is 1.14. The summed E-state index contributed by atoms with van der Waals surface area (Å²) in [4.78, 5) is 55.9. The third kappa shape index (κ3) is 6.05. The van der Waals surface area contributed by atoms with Gasteiger partial charge in [0.1, 0.15) is 12.4 Å². The number of carbonyl (C=O) groups is 3. The van der Waals surface area contributed by atoms with E-state index in [1.54, 1.807) is 56.3 Å².